The number of methoxy groups -OCH3 is 1. The van der Waals surface area contributed by atoms with E-state index in [-0.39, 0.29) is 6.04 Å². The van der Waals surface area contributed by atoms with Crippen LogP contribution in [-0.2, 0) is 4.74 Å². The Kier molecular flexibility index (Phi) is 6.38. The van der Waals surface area contributed by atoms with Gasteiger partial charge in [0.05, 0.1) is 30.8 Å². The third-order valence-corrected chi connectivity index (χ3v) is 5.57. The third kappa shape index (κ3) is 4.79. The molecule has 2 atom stereocenters. The van der Waals surface area contributed by atoms with Crippen molar-refractivity contribution in [2.45, 2.75) is 45.0 Å². The number of alkyl carbamates (subject to hydrolysis) is 1. The van der Waals surface area contributed by atoms with Crippen molar-refractivity contribution in [2.75, 3.05) is 20.2 Å². The number of rotatable bonds is 4. The van der Waals surface area contributed by atoms with Crippen LogP contribution in [-0.4, -0.2) is 69.6 Å². The van der Waals surface area contributed by atoms with Crippen LogP contribution in [0.5, 0.6) is 5.75 Å². The number of pyridine rings is 2. The SMILES string of the molecule is COc1cncc2c1C(N1CCC(NC(=O)OC(C)(C)C)C1)N(C(N)=O)C(c1ccncc1)=N2. The first-order valence-electron chi connectivity index (χ1n) is 11.0. The molecule has 0 aromatic carbocycles. The molecule has 34 heavy (non-hydrogen) atoms. The molecule has 2 aromatic rings. The van der Waals surface area contributed by atoms with Crippen LogP contribution < -0.4 is 15.8 Å². The molecule has 0 radical (unpaired) electrons. The predicted molar refractivity (Wildman–Crippen MR) is 125 cm³/mol. The lowest BCUT2D eigenvalue weighted by Gasteiger charge is -2.41. The molecule has 0 saturated carbocycles. The van der Waals surface area contributed by atoms with E-state index in [9.17, 15) is 9.59 Å². The summed E-state index contributed by atoms with van der Waals surface area (Å²) in [5.74, 6) is 0.890. The molecule has 11 heteroatoms. The molecule has 2 aliphatic rings. The number of hydrogen-bond acceptors (Lipinski definition) is 8. The van der Waals surface area contributed by atoms with E-state index in [1.165, 1.54) is 4.90 Å². The highest BCUT2D eigenvalue weighted by atomic mass is 16.6. The van der Waals surface area contributed by atoms with Crippen LogP contribution in [0.4, 0.5) is 15.3 Å². The van der Waals surface area contributed by atoms with E-state index in [1.54, 1.807) is 44.0 Å². The molecule has 0 spiro atoms. The highest BCUT2D eigenvalue weighted by molar-refractivity contribution is 6.09. The van der Waals surface area contributed by atoms with Crippen LogP contribution in [0.3, 0.4) is 0 Å². The largest absolute Gasteiger partial charge is 0.495 e. The molecule has 2 unspecified atom stereocenters. The summed E-state index contributed by atoms with van der Waals surface area (Å²) in [6.45, 7) is 6.53. The number of primary amides is 1. The van der Waals surface area contributed by atoms with E-state index in [4.69, 9.17) is 20.2 Å². The van der Waals surface area contributed by atoms with E-state index in [1.807, 2.05) is 20.8 Å². The van der Waals surface area contributed by atoms with Crippen molar-refractivity contribution >= 4 is 23.6 Å². The number of ether oxygens (including phenoxy) is 2. The molecule has 11 nitrogen and oxygen atoms in total. The van der Waals surface area contributed by atoms with Crippen molar-refractivity contribution in [3.05, 3.63) is 48.0 Å². The van der Waals surface area contributed by atoms with Crippen molar-refractivity contribution in [3.63, 3.8) is 0 Å². The number of nitrogens with zero attached hydrogens (tertiary/aromatic N) is 5. The number of amidine groups is 1. The molecule has 4 rings (SSSR count). The minimum absolute atomic E-state index is 0.163. The number of aromatic nitrogens is 2. The van der Waals surface area contributed by atoms with Crippen LogP contribution in [0.25, 0.3) is 0 Å². The zero-order chi connectivity index (χ0) is 24.5. The minimum atomic E-state index is -0.659. The quantitative estimate of drug-likeness (QED) is 0.705. The monoisotopic (exact) mass is 467 g/mol. The summed E-state index contributed by atoms with van der Waals surface area (Å²) >= 11 is 0. The van der Waals surface area contributed by atoms with Gasteiger partial charge in [0.1, 0.15) is 23.4 Å². The van der Waals surface area contributed by atoms with Gasteiger partial charge < -0.3 is 20.5 Å². The van der Waals surface area contributed by atoms with Crippen LogP contribution >= 0.6 is 0 Å². The summed E-state index contributed by atoms with van der Waals surface area (Å²) in [7, 11) is 1.54. The summed E-state index contributed by atoms with van der Waals surface area (Å²) < 4.78 is 11.0. The lowest BCUT2D eigenvalue weighted by Crippen LogP contribution is -2.51. The Balaban J connectivity index is 1.70. The highest BCUT2D eigenvalue weighted by Crippen LogP contribution is 2.43. The van der Waals surface area contributed by atoms with Crippen LogP contribution in [0.1, 0.15) is 44.5 Å². The topological polar surface area (TPSA) is 135 Å². The number of nitrogens with one attached hydrogen (secondary N) is 1. The smallest absolute Gasteiger partial charge is 0.407 e. The van der Waals surface area contributed by atoms with E-state index < -0.39 is 23.9 Å². The Labute approximate surface area is 198 Å². The van der Waals surface area contributed by atoms with Gasteiger partial charge in [-0.15, -0.1) is 0 Å². The molecule has 3 amide bonds. The van der Waals surface area contributed by atoms with Gasteiger partial charge in [-0.05, 0) is 39.3 Å². The van der Waals surface area contributed by atoms with E-state index in [0.717, 1.165) is 0 Å². The van der Waals surface area contributed by atoms with Crippen molar-refractivity contribution in [1.29, 1.82) is 0 Å². The summed E-state index contributed by atoms with van der Waals surface area (Å²) in [6, 6.07) is 2.71. The molecular weight excluding hydrogens is 438 g/mol. The number of fused-ring (bicyclic) bond motifs is 1. The van der Waals surface area contributed by atoms with Gasteiger partial charge in [0.15, 0.2) is 0 Å². The first-order valence-corrected chi connectivity index (χ1v) is 11.0. The maximum absolute atomic E-state index is 12.8. The van der Waals surface area contributed by atoms with Crippen molar-refractivity contribution in [2.24, 2.45) is 10.7 Å². The fourth-order valence-electron chi connectivity index (χ4n) is 4.24. The van der Waals surface area contributed by atoms with Gasteiger partial charge in [-0.25, -0.2) is 14.6 Å². The second kappa shape index (κ2) is 9.26. The lowest BCUT2D eigenvalue weighted by atomic mass is 10.0. The van der Waals surface area contributed by atoms with Crippen LogP contribution in [0, 0.1) is 0 Å². The second-order valence-electron chi connectivity index (χ2n) is 9.15. The predicted octanol–water partition coefficient (Wildman–Crippen LogP) is 2.56. The molecule has 1 saturated heterocycles. The second-order valence-corrected chi connectivity index (χ2v) is 9.15. The third-order valence-electron chi connectivity index (χ3n) is 5.57. The Morgan fingerprint density at radius 2 is 1.91 bits per heavy atom. The van der Waals surface area contributed by atoms with Gasteiger partial charge in [-0.3, -0.25) is 19.8 Å². The van der Waals surface area contributed by atoms with E-state index in [0.29, 0.717) is 47.9 Å². The van der Waals surface area contributed by atoms with Crippen LogP contribution in [0.2, 0.25) is 0 Å². The summed E-state index contributed by atoms with van der Waals surface area (Å²) in [6.07, 6.45) is 6.07. The Bertz CT molecular complexity index is 1100. The van der Waals surface area contributed by atoms with Gasteiger partial charge in [0.2, 0.25) is 0 Å². The number of urea groups is 1. The fraction of sp³-hybridized carbons (Fsp3) is 0.435. The first kappa shape index (κ1) is 23.4. The van der Waals surface area contributed by atoms with Gasteiger partial charge in [-0.2, -0.15) is 0 Å². The number of carbonyl (C=O) groups excluding carboxylic acids is 2. The number of aliphatic imine (C=N–C) groups is 1. The first-order chi connectivity index (χ1) is 16.2. The Hall–Kier alpha value is -3.73. The van der Waals surface area contributed by atoms with Crippen molar-refractivity contribution < 1.29 is 19.1 Å². The van der Waals surface area contributed by atoms with Crippen molar-refractivity contribution in [1.82, 2.24) is 25.1 Å². The molecule has 2 aromatic heterocycles. The normalized spacial score (nSPS) is 20.4. The molecular formula is C23H29N7O4. The zero-order valence-electron chi connectivity index (χ0n) is 19.7. The number of likely N-dealkylation sites (tertiary alicyclic amines) is 1. The van der Waals surface area contributed by atoms with Gasteiger partial charge in [0, 0.05) is 37.1 Å². The molecule has 2 aliphatic heterocycles. The van der Waals surface area contributed by atoms with Crippen LogP contribution in [0.15, 0.2) is 41.9 Å². The number of hydrogen-bond donors (Lipinski definition) is 2. The average molecular weight is 468 g/mol. The molecule has 0 aliphatic carbocycles. The fourth-order valence-corrected chi connectivity index (χ4v) is 4.24. The molecule has 4 heterocycles. The van der Waals surface area contributed by atoms with E-state index in [2.05, 4.69) is 20.2 Å². The number of carbonyl (C=O) groups is 2. The van der Waals surface area contributed by atoms with Gasteiger partial charge >= 0.3 is 12.1 Å². The molecule has 3 N–H and O–H groups in total. The molecule has 1 fully saturated rings. The molecule has 0 bridgehead atoms. The van der Waals surface area contributed by atoms with Gasteiger partial charge in [-0.1, -0.05) is 0 Å². The number of amides is 3. The zero-order valence-corrected chi connectivity index (χ0v) is 19.7. The standard InChI is InChI=1S/C23H29N7O4/c1-23(2,3)34-22(32)27-15-7-10-29(13-15)20-18-16(11-26-12-17(18)33-4)28-19(30(20)21(24)31)14-5-8-25-9-6-14/h5-6,8-9,11-12,15,20H,7,10,13H2,1-4H3,(H2,24,31)(H,27,32). The summed E-state index contributed by atoms with van der Waals surface area (Å²) in [4.78, 5) is 41.7. The summed E-state index contributed by atoms with van der Waals surface area (Å²) in [5, 5.41) is 2.92. The summed E-state index contributed by atoms with van der Waals surface area (Å²) in [5.41, 5.74) is 7.27. The highest BCUT2D eigenvalue weighted by Gasteiger charge is 2.43. The number of nitrogens with two attached hydrogens (primary N) is 1. The maximum Gasteiger partial charge on any atom is 0.407 e. The van der Waals surface area contributed by atoms with Gasteiger partial charge in [0.25, 0.3) is 0 Å². The Morgan fingerprint density at radius 3 is 2.56 bits per heavy atom. The lowest BCUT2D eigenvalue weighted by molar-refractivity contribution is 0.0499. The minimum Gasteiger partial charge on any atom is -0.495 e. The maximum atomic E-state index is 12.8. The Morgan fingerprint density at radius 1 is 1.18 bits per heavy atom. The van der Waals surface area contributed by atoms with Crippen molar-refractivity contribution in [3.8, 4) is 5.75 Å². The molecule has 180 valence electrons. The van der Waals surface area contributed by atoms with E-state index >= 15 is 0 Å². The average Bonchev–Trinajstić information content (AvgIpc) is 3.24.